The first kappa shape index (κ1) is 21.5. The number of benzene rings is 1. The number of likely N-dealkylation sites (N-methyl/N-ethyl adjacent to an activating group) is 1. The molecule has 156 valence electrons. The highest BCUT2D eigenvalue weighted by atomic mass is 32.2. The summed E-state index contributed by atoms with van der Waals surface area (Å²) < 4.78 is 25.8. The lowest BCUT2D eigenvalue weighted by Crippen LogP contribution is -2.35. The van der Waals surface area contributed by atoms with Crippen LogP contribution in [0.3, 0.4) is 0 Å². The van der Waals surface area contributed by atoms with E-state index in [1.54, 1.807) is 24.4 Å². The number of sulfonamides is 1. The van der Waals surface area contributed by atoms with Crippen molar-refractivity contribution in [1.82, 2.24) is 14.3 Å². The van der Waals surface area contributed by atoms with Crippen LogP contribution in [0, 0.1) is 17.0 Å². The monoisotopic (exact) mass is 447 g/mol. The Hall–Kier alpha value is -3.22. The van der Waals surface area contributed by atoms with Crippen LogP contribution in [0.15, 0.2) is 53.0 Å². The molecular formula is C18H17N5O5S2. The van der Waals surface area contributed by atoms with Crippen LogP contribution in [0.4, 0.5) is 10.8 Å². The first-order valence-electron chi connectivity index (χ1n) is 8.55. The van der Waals surface area contributed by atoms with E-state index in [0.717, 1.165) is 15.6 Å². The molecule has 1 aromatic carbocycles. The van der Waals surface area contributed by atoms with Crippen LogP contribution in [0.1, 0.15) is 5.56 Å². The highest BCUT2D eigenvalue weighted by Crippen LogP contribution is 2.29. The number of hydrogen-bond donors (Lipinski definition) is 1. The third-order valence-corrected chi connectivity index (χ3v) is 6.71. The van der Waals surface area contributed by atoms with Crippen molar-refractivity contribution in [2.45, 2.75) is 11.8 Å². The first-order valence-corrected chi connectivity index (χ1v) is 10.9. The van der Waals surface area contributed by atoms with E-state index in [4.69, 9.17) is 0 Å². The molecule has 0 atom stereocenters. The molecule has 0 aliphatic rings. The van der Waals surface area contributed by atoms with E-state index < -0.39 is 27.4 Å². The van der Waals surface area contributed by atoms with Gasteiger partial charge in [0.15, 0.2) is 5.13 Å². The lowest BCUT2D eigenvalue weighted by atomic mass is 10.1. The second kappa shape index (κ2) is 8.65. The topological polar surface area (TPSA) is 135 Å². The minimum atomic E-state index is -3.85. The van der Waals surface area contributed by atoms with Crippen molar-refractivity contribution in [2.24, 2.45) is 0 Å². The van der Waals surface area contributed by atoms with Gasteiger partial charge in [-0.15, -0.1) is 11.3 Å². The normalized spacial score (nSPS) is 11.4. The summed E-state index contributed by atoms with van der Waals surface area (Å²) in [6, 6.07) is 7.64. The number of amides is 1. The van der Waals surface area contributed by atoms with Gasteiger partial charge >= 0.3 is 0 Å². The predicted octanol–water partition coefficient (Wildman–Crippen LogP) is 2.68. The number of nitro benzene ring substituents is 1. The molecule has 10 nitrogen and oxygen atoms in total. The summed E-state index contributed by atoms with van der Waals surface area (Å²) >= 11 is 1.13. The van der Waals surface area contributed by atoms with Crippen molar-refractivity contribution in [1.29, 1.82) is 0 Å². The van der Waals surface area contributed by atoms with Gasteiger partial charge in [0.2, 0.25) is 15.9 Å². The highest BCUT2D eigenvalue weighted by molar-refractivity contribution is 7.89. The lowest BCUT2D eigenvalue weighted by molar-refractivity contribution is -0.385. The minimum absolute atomic E-state index is 0.0159. The molecule has 30 heavy (non-hydrogen) atoms. The number of aryl methyl sites for hydroxylation is 1. The van der Waals surface area contributed by atoms with Crippen LogP contribution < -0.4 is 5.32 Å². The maximum atomic E-state index is 12.5. The standard InChI is InChI=1S/C18H17N5O5S2/c1-12-5-6-13(8-16(12)23(25)26)15-11-29-18(20-15)21-17(24)10-22(2)30(27,28)14-4-3-7-19-9-14/h3-9,11H,10H2,1-2H3,(H,20,21,24). The van der Waals surface area contributed by atoms with Crippen molar-refractivity contribution in [3.8, 4) is 11.3 Å². The Morgan fingerprint density at radius 2 is 2.10 bits per heavy atom. The second-order valence-corrected chi connectivity index (χ2v) is 9.20. The molecule has 0 unspecified atom stereocenters. The van der Waals surface area contributed by atoms with E-state index in [2.05, 4.69) is 15.3 Å². The summed E-state index contributed by atoms with van der Waals surface area (Å²) in [5.41, 5.74) is 1.52. The fraction of sp³-hybridized carbons (Fsp3) is 0.167. The van der Waals surface area contributed by atoms with Crippen molar-refractivity contribution in [3.63, 3.8) is 0 Å². The molecule has 0 saturated carbocycles. The van der Waals surface area contributed by atoms with Gasteiger partial charge in [-0.1, -0.05) is 12.1 Å². The summed E-state index contributed by atoms with van der Waals surface area (Å²) in [5.74, 6) is -0.569. The maximum Gasteiger partial charge on any atom is 0.272 e. The third kappa shape index (κ3) is 4.67. The number of aromatic nitrogens is 2. The summed E-state index contributed by atoms with van der Waals surface area (Å²) in [7, 11) is -2.56. The molecule has 0 spiro atoms. The quantitative estimate of drug-likeness (QED) is 0.434. The van der Waals surface area contributed by atoms with Gasteiger partial charge in [-0.3, -0.25) is 19.9 Å². The minimum Gasteiger partial charge on any atom is -0.301 e. The maximum absolute atomic E-state index is 12.5. The summed E-state index contributed by atoms with van der Waals surface area (Å²) in [6.07, 6.45) is 2.66. The van der Waals surface area contributed by atoms with Gasteiger partial charge in [0.05, 0.1) is 17.2 Å². The molecule has 1 amide bonds. The van der Waals surface area contributed by atoms with Crippen LogP contribution in [-0.4, -0.2) is 47.1 Å². The van der Waals surface area contributed by atoms with E-state index in [9.17, 15) is 23.3 Å². The van der Waals surface area contributed by atoms with Gasteiger partial charge in [0.25, 0.3) is 5.69 Å². The zero-order valence-electron chi connectivity index (χ0n) is 16.0. The fourth-order valence-corrected chi connectivity index (χ4v) is 4.38. The molecule has 0 aliphatic carbocycles. The molecule has 2 heterocycles. The number of hydrogen-bond acceptors (Lipinski definition) is 8. The number of pyridine rings is 1. The number of nitro groups is 1. The second-order valence-electron chi connectivity index (χ2n) is 6.29. The molecule has 12 heteroatoms. The molecule has 1 N–H and O–H groups in total. The van der Waals surface area contributed by atoms with E-state index in [1.165, 1.54) is 37.6 Å². The van der Waals surface area contributed by atoms with Gasteiger partial charge < -0.3 is 5.32 Å². The number of rotatable bonds is 7. The summed E-state index contributed by atoms with van der Waals surface area (Å²) in [5, 5.41) is 15.6. The predicted molar refractivity (Wildman–Crippen MR) is 112 cm³/mol. The summed E-state index contributed by atoms with van der Waals surface area (Å²) in [4.78, 5) is 31.0. The van der Waals surface area contributed by atoms with Crippen molar-refractivity contribution >= 4 is 38.1 Å². The first-order chi connectivity index (χ1) is 14.2. The lowest BCUT2D eigenvalue weighted by Gasteiger charge is -2.16. The van der Waals surface area contributed by atoms with Gasteiger partial charge in [-0.25, -0.2) is 13.4 Å². The van der Waals surface area contributed by atoms with Gasteiger partial charge in [-0.2, -0.15) is 4.31 Å². The van der Waals surface area contributed by atoms with Crippen LogP contribution in [0.2, 0.25) is 0 Å². The molecule has 0 bridgehead atoms. The van der Waals surface area contributed by atoms with Crippen molar-refractivity contribution in [2.75, 3.05) is 18.9 Å². The van der Waals surface area contributed by atoms with E-state index in [1.807, 2.05) is 0 Å². The molecular weight excluding hydrogens is 430 g/mol. The molecule has 3 rings (SSSR count). The Morgan fingerprint density at radius 1 is 1.33 bits per heavy atom. The molecule has 2 aromatic heterocycles. The van der Waals surface area contributed by atoms with E-state index in [-0.39, 0.29) is 15.7 Å². The Morgan fingerprint density at radius 3 is 2.77 bits per heavy atom. The number of nitrogens with one attached hydrogen (secondary N) is 1. The third-order valence-electron chi connectivity index (χ3n) is 4.16. The number of carbonyl (C=O) groups is 1. The van der Waals surface area contributed by atoms with Crippen LogP contribution >= 0.6 is 11.3 Å². The molecule has 0 radical (unpaired) electrons. The van der Waals surface area contributed by atoms with Gasteiger partial charge in [0.1, 0.15) is 4.90 Å². The summed E-state index contributed by atoms with van der Waals surface area (Å²) in [6.45, 7) is 1.23. The molecule has 0 saturated heterocycles. The van der Waals surface area contributed by atoms with Crippen molar-refractivity contribution < 1.29 is 18.1 Å². The average molecular weight is 447 g/mol. The SMILES string of the molecule is Cc1ccc(-c2csc(NC(=O)CN(C)S(=O)(=O)c3cccnc3)n2)cc1[N+](=O)[O-]. The molecule has 0 fully saturated rings. The van der Waals surface area contributed by atoms with Gasteiger partial charge in [0, 0.05) is 42.0 Å². The number of carbonyl (C=O) groups excluding carboxylic acids is 1. The Bertz CT molecular complexity index is 1190. The Kier molecular flexibility index (Phi) is 6.20. The number of anilines is 1. The zero-order valence-corrected chi connectivity index (χ0v) is 17.6. The van der Waals surface area contributed by atoms with Crippen LogP contribution in [0.25, 0.3) is 11.3 Å². The van der Waals surface area contributed by atoms with Gasteiger partial charge in [-0.05, 0) is 19.1 Å². The Balaban J connectivity index is 1.70. The van der Waals surface area contributed by atoms with Crippen LogP contribution in [-0.2, 0) is 14.8 Å². The number of thiazole rings is 1. The largest absolute Gasteiger partial charge is 0.301 e. The van der Waals surface area contributed by atoms with E-state index in [0.29, 0.717) is 16.8 Å². The highest BCUT2D eigenvalue weighted by Gasteiger charge is 2.23. The smallest absolute Gasteiger partial charge is 0.272 e. The average Bonchev–Trinajstić information content (AvgIpc) is 3.17. The number of nitrogens with zero attached hydrogens (tertiary/aromatic N) is 4. The van der Waals surface area contributed by atoms with Crippen LogP contribution in [0.5, 0.6) is 0 Å². The van der Waals surface area contributed by atoms with E-state index >= 15 is 0 Å². The molecule has 3 aromatic rings. The van der Waals surface area contributed by atoms with Crippen molar-refractivity contribution in [3.05, 3.63) is 63.8 Å². The molecule has 0 aliphatic heterocycles. The zero-order chi connectivity index (χ0) is 21.9. The fourth-order valence-electron chi connectivity index (χ4n) is 2.55. The Labute approximate surface area is 176 Å².